The van der Waals surface area contributed by atoms with Crippen molar-refractivity contribution in [3.63, 3.8) is 0 Å². The van der Waals surface area contributed by atoms with Gasteiger partial charge in [0.15, 0.2) is 5.78 Å². The molecule has 1 rings (SSSR count). The molecule has 1 aromatic carbocycles. The number of aryl methyl sites for hydroxylation is 1. The van der Waals surface area contributed by atoms with Crippen LogP contribution in [0.4, 0.5) is 0 Å². The molecule has 1 aromatic rings. The van der Waals surface area contributed by atoms with E-state index in [2.05, 4.69) is 6.92 Å². The smallest absolute Gasteiger partial charge is 0.163 e. The summed E-state index contributed by atoms with van der Waals surface area (Å²) in [6, 6.07) is 5.78. The topological polar surface area (TPSA) is 26.3 Å². The normalized spacial score (nSPS) is 9.93. The van der Waals surface area contributed by atoms with E-state index < -0.39 is 0 Å². The van der Waals surface area contributed by atoms with Gasteiger partial charge >= 0.3 is 0 Å². The Kier molecular flexibility index (Phi) is 3.69. The first-order valence-electron chi connectivity index (χ1n) is 4.95. The number of ether oxygens (including phenoxy) is 1. The molecule has 0 bridgehead atoms. The molecule has 76 valence electrons. The molecule has 2 nitrogen and oxygen atoms in total. The third-order valence-electron chi connectivity index (χ3n) is 2.13. The maximum absolute atomic E-state index is 11.3. The minimum atomic E-state index is 0.0590. The molecule has 0 aliphatic rings. The molecule has 0 fully saturated rings. The van der Waals surface area contributed by atoms with Crippen LogP contribution in [0.15, 0.2) is 18.2 Å². The van der Waals surface area contributed by atoms with Crippen LogP contribution >= 0.6 is 0 Å². The lowest BCUT2D eigenvalue weighted by molar-refractivity contribution is 0.101. The second-order valence-electron chi connectivity index (χ2n) is 3.17. The Hall–Kier alpha value is -1.31. The number of carbonyl (C=O) groups excluding carboxylic acids is 1. The summed E-state index contributed by atoms with van der Waals surface area (Å²) in [4.78, 5) is 11.3. The van der Waals surface area contributed by atoms with Gasteiger partial charge in [-0.15, -0.1) is 0 Å². The first-order valence-corrected chi connectivity index (χ1v) is 4.95. The van der Waals surface area contributed by atoms with Crippen LogP contribution in [0, 0.1) is 0 Å². The summed E-state index contributed by atoms with van der Waals surface area (Å²) < 4.78 is 5.38. The van der Waals surface area contributed by atoms with Crippen LogP contribution in [0.5, 0.6) is 5.75 Å². The summed E-state index contributed by atoms with van der Waals surface area (Å²) >= 11 is 0. The number of hydrogen-bond acceptors (Lipinski definition) is 2. The summed E-state index contributed by atoms with van der Waals surface area (Å²) in [5.74, 6) is 0.751. The number of benzene rings is 1. The number of Topliss-reactive ketones (excluding diaryl/α,β-unsaturated/α-hetero) is 1. The van der Waals surface area contributed by atoms with Gasteiger partial charge in [-0.2, -0.15) is 0 Å². The average Bonchev–Trinajstić information content (AvgIpc) is 2.18. The van der Waals surface area contributed by atoms with Gasteiger partial charge in [-0.1, -0.05) is 13.0 Å². The molecule has 0 radical (unpaired) electrons. The fourth-order valence-corrected chi connectivity index (χ4v) is 1.35. The highest BCUT2D eigenvalue weighted by molar-refractivity contribution is 5.97. The fourth-order valence-electron chi connectivity index (χ4n) is 1.35. The predicted molar refractivity (Wildman–Crippen MR) is 57.0 cm³/mol. The standard InChI is InChI=1S/C12H16O2/c1-4-10-6-7-12(14-5-2)11(8-10)9(3)13/h6-8H,4-5H2,1-3H3. The maximum Gasteiger partial charge on any atom is 0.163 e. The van der Waals surface area contributed by atoms with Gasteiger partial charge in [0.1, 0.15) is 5.75 Å². The van der Waals surface area contributed by atoms with Crippen LogP contribution in [-0.2, 0) is 6.42 Å². The third kappa shape index (κ3) is 2.34. The lowest BCUT2D eigenvalue weighted by atomic mass is 10.1. The SMILES string of the molecule is CCOc1ccc(CC)cc1C(C)=O. The van der Waals surface area contributed by atoms with Crippen molar-refractivity contribution in [1.82, 2.24) is 0 Å². The molecule has 0 atom stereocenters. The van der Waals surface area contributed by atoms with E-state index in [9.17, 15) is 4.79 Å². The van der Waals surface area contributed by atoms with E-state index in [0.29, 0.717) is 17.9 Å². The van der Waals surface area contributed by atoms with Gasteiger partial charge in [0.25, 0.3) is 0 Å². The summed E-state index contributed by atoms with van der Waals surface area (Å²) in [5.41, 5.74) is 1.85. The van der Waals surface area contributed by atoms with E-state index in [4.69, 9.17) is 4.74 Å². The van der Waals surface area contributed by atoms with Crippen molar-refractivity contribution < 1.29 is 9.53 Å². The Morgan fingerprint density at radius 3 is 2.57 bits per heavy atom. The minimum absolute atomic E-state index is 0.0590. The zero-order valence-corrected chi connectivity index (χ0v) is 8.96. The molecule has 0 N–H and O–H groups in total. The summed E-state index contributed by atoms with van der Waals surface area (Å²) in [6.07, 6.45) is 0.937. The van der Waals surface area contributed by atoms with E-state index in [1.807, 2.05) is 25.1 Å². The van der Waals surface area contributed by atoms with Crippen molar-refractivity contribution in [2.24, 2.45) is 0 Å². The highest BCUT2D eigenvalue weighted by Crippen LogP contribution is 2.21. The van der Waals surface area contributed by atoms with Gasteiger partial charge in [0.05, 0.1) is 12.2 Å². The number of hydrogen-bond donors (Lipinski definition) is 0. The highest BCUT2D eigenvalue weighted by atomic mass is 16.5. The van der Waals surface area contributed by atoms with Gasteiger partial charge in [-0.3, -0.25) is 4.79 Å². The van der Waals surface area contributed by atoms with E-state index in [1.165, 1.54) is 5.56 Å². The lowest BCUT2D eigenvalue weighted by Crippen LogP contribution is -2.01. The van der Waals surface area contributed by atoms with Crippen LogP contribution in [0.3, 0.4) is 0 Å². The van der Waals surface area contributed by atoms with Crippen molar-refractivity contribution >= 4 is 5.78 Å². The number of rotatable bonds is 4. The van der Waals surface area contributed by atoms with Crippen molar-refractivity contribution in [3.8, 4) is 5.75 Å². The Balaban J connectivity index is 3.10. The summed E-state index contributed by atoms with van der Waals surface area (Å²) in [7, 11) is 0. The summed E-state index contributed by atoms with van der Waals surface area (Å²) in [6.45, 7) is 6.14. The zero-order valence-electron chi connectivity index (χ0n) is 8.96. The monoisotopic (exact) mass is 192 g/mol. The number of carbonyl (C=O) groups is 1. The molecule has 0 heterocycles. The molecule has 0 spiro atoms. The van der Waals surface area contributed by atoms with E-state index >= 15 is 0 Å². The molecule has 0 aliphatic carbocycles. The Morgan fingerprint density at radius 2 is 2.07 bits per heavy atom. The predicted octanol–water partition coefficient (Wildman–Crippen LogP) is 2.85. The van der Waals surface area contributed by atoms with Gasteiger partial charge < -0.3 is 4.74 Å². The van der Waals surface area contributed by atoms with Crippen LogP contribution in [-0.4, -0.2) is 12.4 Å². The van der Waals surface area contributed by atoms with Gasteiger partial charge in [0.2, 0.25) is 0 Å². The Labute approximate surface area is 84.9 Å². The van der Waals surface area contributed by atoms with E-state index in [0.717, 1.165) is 6.42 Å². The second-order valence-corrected chi connectivity index (χ2v) is 3.17. The minimum Gasteiger partial charge on any atom is -0.493 e. The van der Waals surface area contributed by atoms with Crippen LogP contribution in [0.2, 0.25) is 0 Å². The lowest BCUT2D eigenvalue weighted by Gasteiger charge is -2.09. The molecule has 14 heavy (non-hydrogen) atoms. The van der Waals surface area contributed by atoms with Crippen LogP contribution in [0.1, 0.15) is 36.7 Å². The molecule has 0 saturated heterocycles. The molecule has 0 aliphatic heterocycles. The van der Waals surface area contributed by atoms with Crippen molar-refractivity contribution in [2.75, 3.05) is 6.61 Å². The van der Waals surface area contributed by atoms with Crippen LogP contribution < -0.4 is 4.74 Å². The van der Waals surface area contributed by atoms with Crippen molar-refractivity contribution in [1.29, 1.82) is 0 Å². The van der Waals surface area contributed by atoms with Crippen molar-refractivity contribution in [2.45, 2.75) is 27.2 Å². The highest BCUT2D eigenvalue weighted by Gasteiger charge is 2.08. The van der Waals surface area contributed by atoms with Gasteiger partial charge in [-0.25, -0.2) is 0 Å². The summed E-state index contributed by atoms with van der Waals surface area (Å²) in [5, 5.41) is 0. The largest absolute Gasteiger partial charge is 0.493 e. The fraction of sp³-hybridized carbons (Fsp3) is 0.417. The van der Waals surface area contributed by atoms with Crippen molar-refractivity contribution in [3.05, 3.63) is 29.3 Å². The maximum atomic E-state index is 11.3. The first kappa shape index (κ1) is 10.8. The van der Waals surface area contributed by atoms with Crippen LogP contribution in [0.25, 0.3) is 0 Å². The quantitative estimate of drug-likeness (QED) is 0.686. The molecule has 0 aromatic heterocycles. The molecular weight excluding hydrogens is 176 g/mol. The number of ketones is 1. The third-order valence-corrected chi connectivity index (χ3v) is 2.13. The zero-order chi connectivity index (χ0) is 10.6. The molecule has 2 heteroatoms. The Bertz CT molecular complexity index is 329. The Morgan fingerprint density at radius 1 is 1.36 bits per heavy atom. The van der Waals surface area contributed by atoms with E-state index in [1.54, 1.807) is 6.92 Å². The molecular formula is C12H16O2. The average molecular weight is 192 g/mol. The van der Waals surface area contributed by atoms with Gasteiger partial charge in [-0.05, 0) is 38.0 Å². The first-order chi connectivity index (χ1) is 6.69. The molecule has 0 unspecified atom stereocenters. The second kappa shape index (κ2) is 4.80. The molecule has 0 saturated carbocycles. The van der Waals surface area contributed by atoms with Gasteiger partial charge in [0, 0.05) is 0 Å². The van der Waals surface area contributed by atoms with E-state index in [-0.39, 0.29) is 5.78 Å². The molecule has 0 amide bonds.